The van der Waals surface area contributed by atoms with Gasteiger partial charge in [-0.15, -0.1) is 11.3 Å². The van der Waals surface area contributed by atoms with E-state index >= 15 is 0 Å². The van der Waals surface area contributed by atoms with E-state index in [1.54, 1.807) is 11.3 Å². The molecule has 0 aliphatic carbocycles. The summed E-state index contributed by atoms with van der Waals surface area (Å²) in [7, 11) is 2.12. The molecule has 2 aromatic heterocycles. The van der Waals surface area contributed by atoms with Crippen LogP contribution in [-0.4, -0.2) is 23.5 Å². The van der Waals surface area contributed by atoms with E-state index in [0.717, 1.165) is 37.6 Å². The fourth-order valence-corrected chi connectivity index (χ4v) is 3.19. The fourth-order valence-electron chi connectivity index (χ4n) is 1.99. The van der Waals surface area contributed by atoms with Crippen LogP contribution in [0.25, 0.3) is 0 Å². The third kappa shape index (κ3) is 4.89. The smallest absolute Gasteiger partial charge is 0.126 e. The van der Waals surface area contributed by atoms with E-state index in [-0.39, 0.29) is 0 Å². The van der Waals surface area contributed by atoms with Crippen molar-refractivity contribution in [3.63, 3.8) is 0 Å². The van der Waals surface area contributed by atoms with Gasteiger partial charge in [0.2, 0.25) is 0 Å². The molecule has 5 heteroatoms. The predicted molar refractivity (Wildman–Crippen MR) is 90.2 cm³/mol. The van der Waals surface area contributed by atoms with E-state index in [4.69, 9.17) is 0 Å². The molecule has 0 bridgehead atoms. The number of nitrogens with one attached hydrogen (secondary N) is 1. The van der Waals surface area contributed by atoms with Crippen molar-refractivity contribution >= 4 is 33.1 Å². The topological polar surface area (TPSA) is 28.2 Å². The van der Waals surface area contributed by atoms with Gasteiger partial charge in [0.1, 0.15) is 5.82 Å². The van der Waals surface area contributed by atoms with Crippen molar-refractivity contribution in [2.75, 3.05) is 18.9 Å². The molecule has 0 aliphatic rings. The average Bonchev–Trinajstić information content (AvgIpc) is 2.82. The second-order valence-electron chi connectivity index (χ2n) is 4.87. The first-order valence-corrected chi connectivity index (χ1v) is 8.46. The first-order valence-electron chi connectivity index (χ1n) is 6.78. The molecule has 0 spiro atoms. The molecule has 0 radical (unpaired) electrons. The molecule has 20 heavy (non-hydrogen) atoms. The lowest BCUT2D eigenvalue weighted by Gasteiger charge is -2.16. The molecule has 0 unspecified atom stereocenters. The standard InChI is InChI=1S/C15H20BrN3S/c1-3-7-17-15-6-4-5-13(18-15)10-19(2)9-12-8-14(16)20-11-12/h4-6,8,11H,3,7,9-10H2,1-2H3,(H,17,18). The van der Waals surface area contributed by atoms with Gasteiger partial charge in [-0.1, -0.05) is 13.0 Å². The van der Waals surface area contributed by atoms with Crippen LogP contribution in [0.5, 0.6) is 0 Å². The monoisotopic (exact) mass is 353 g/mol. The SMILES string of the molecule is CCCNc1cccc(CN(C)Cc2csc(Br)c2)n1. The molecule has 0 atom stereocenters. The van der Waals surface area contributed by atoms with Gasteiger partial charge >= 0.3 is 0 Å². The minimum atomic E-state index is 0.856. The Bertz CT molecular complexity index is 541. The van der Waals surface area contributed by atoms with E-state index in [1.165, 1.54) is 9.35 Å². The zero-order valence-corrected chi connectivity index (χ0v) is 14.3. The molecule has 3 nitrogen and oxygen atoms in total. The number of rotatable bonds is 7. The van der Waals surface area contributed by atoms with Crippen LogP contribution < -0.4 is 5.32 Å². The quantitative estimate of drug-likeness (QED) is 0.801. The van der Waals surface area contributed by atoms with Crippen molar-refractivity contribution in [3.05, 3.63) is 44.7 Å². The van der Waals surface area contributed by atoms with Crippen LogP contribution >= 0.6 is 27.3 Å². The van der Waals surface area contributed by atoms with Crippen LogP contribution in [0.2, 0.25) is 0 Å². The maximum atomic E-state index is 4.64. The number of hydrogen-bond acceptors (Lipinski definition) is 4. The lowest BCUT2D eigenvalue weighted by Crippen LogP contribution is -2.18. The number of pyridine rings is 1. The first kappa shape index (κ1) is 15.5. The van der Waals surface area contributed by atoms with Gasteiger partial charge < -0.3 is 5.32 Å². The molecule has 0 saturated heterocycles. The van der Waals surface area contributed by atoms with Gasteiger partial charge in [0.05, 0.1) is 9.48 Å². The summed E-state index contributed by atoms with van der Waals surface area (Å²) < 4.78 is 1.18. The van der Waals surface area contributed by atoms with Crippen LogP contribution in [0.3, 0.4) is 0 Å². The Morgan fingerprint density at radius 3 is 2.90 bits per heavy atom. The number of halogens is 1. The summed E-state index contributed by atoms with van der Waals surface area (Å²) in [6, 6.07) is 8.34. The van der Waals surface area contributed by atoms with Gasteiger partial charge in [-0.3, -0.25) is 4.90 Å². The zero-order chi connectivity index (χ0) is 14.4. The molecule has 0 fully saturated rings. The van der Waals surface area contributed by atoms with Gasteiger partial charge in [0.15, 0.2) is 0 Å². The van der Waals surface area contributed by atoms with Gasteiger partial charge in [-0.25, -0.2) is 4.98 Å². The number of aromatic nitrogens is 1. The Kier molecular flexibility index (Phi) is 6.01. The number of anilines is 1. The van der Waals surface area contributed by atoms with Gasteiger partial charge in [0, 0.05) is 19.6 Å². The summed E-state index contributed by atoms with van der Waals surface area (Å²) in [5.74, 6) is 0.969. The predicted octanol–water partition coefficient (Wildman–Crippen LogP) is 4.36. The van der Waals surface area contributed by atoms with Gasteiger partial charge in [-0.2, -0.15) is 0 Å². The summed E-state index contributed by atoms with van der Waals surface area (Å²) in [6.07, 6.45) is 1.11. The van der Waals surface area contributed by atoms with Crippen molar-refractivity contribution in [2.24, 2.45) is 0 Å². The Hall–Kier alpha value is -0.910. The van der Waals surface area contributed by atoms with Crippen LogP contribution in [0.1, 0.15) is 24.6 Å². The van der Waals surface area contributed by atoms with Gasteiger partial charge in [-0.05, 0) is 58.5 Å². The Labute approximate surface area is 133 Å². The van der Waals surface area contributed by atoms with Crippen molar-refractivity contribution in [1.82, 2.24) is 9.88 Å². The fraction of sp³-hybridized carbons (Fsp3) is 0.400. The van der Waals surface area contributed by atoms with Gasteiger partial charge in [0.25, 0.3) is 0 Å². The number of thiophene rings is 1. The van der Waals surface area contributed by atoms with Crippen molar-refractivity contribution in [2.45, 2.75) is 26.4 Å². The molecule has 0 aromatic carbocycles. The Morgan fingerprint density at radius 1 is 1.35 bits per heavy atom. The Morgan fingerprint density at radius 2 is 2.20 bits per heavy atom. The largest absolute Gasteiger partial charge is 0.370 e. The minimum Gasteiger partial charge on any atom is -0.370 e. The molecule has 108 valence electrons. The van der Waals surface area contributed by atoms with Crippen LogP contribution in [0, 0.1) is 0 Å². The summed E-state index contributed by atoms with van der Waals surface area (Å²) in [5.41, 5.74) is 2.44. The second kappa shape index (κ2) is 7.76. The van der Waals surface area contributed by atoms with E-state index in [1.807, 2.05) is 6.07 Å². The minimum absolute atomic E-state index is 0.856. The molecule has 2 heterocycles. The number of hydrogen-bond donors (Lipinski definition) is 1. The molecule has 0 aliphatic heterocycles. The third-order valence-electron chi connectivity index (χ3n) is 2.87. The highest BCUT2D eigenvalue weighted by molar-refractivity contribution is 9.11. The molecular formula is C15H20BrN3S. The van der Waals surface area contributed by atoms with E-state index < -0.39 is 0 Å². The number of nitrogens with zero attached hydrogens (tertiary/aromatic N) is 2. The van der Waals surface area contributed by atoms with Crippen LogP contribution in [0.4, 0.5) is 5.82 Å². The molecule has 1 N–H and O–H groups in total. The van der Waals surface area contributed by atoms with E-state index in [9.17, 15) is 0 Å². The lowest BCUT2D eigenvalue weighted by molar-refractivity contribution is 0.315. The zero-order valence-electron chi connectivity index (χ0n) is 11.9. The highest BCUT2D eigenvalue weighted by Crippen LogP contribution is 2.21. The summed E-state index contributed by atoms with van der Waals surface area (Å²) >= 11 is 5.23. The molecule has 2 aromatic rings. The molecule has 2 rings (SSSR count). The van der Waals surface area contributed by atoms with Crippen LogP contribution in [-0.2, 0) is 13.1 Å². The maximum Gasteiger partial charge on any atom is 0.126 e. The van der Waals surface area contributed by atoms with Crippen molar-refractivity contribution in [3.8, 4) is 0 Å². The van der Waals surface area contributed by atoms with E-state index in [2.05, 4.69) is 68.7 Å². The van der Waals surface area contributed by atoms with Crippen LogP contribution in [0.15, 0.2) is 33.4 Å². The summed E-state index contributed by atoms with van der Waals surface area (Å²) in [4.78, 5) is 6.92. The molecule has 0 amide bonds. The maximum absolute atomic E-state index is 4.64. The first-order chi connectivity index (χ1) is 9.67. The Balaban J connectivity index is 1.91. The van der Waals surface area contributed by atoms with E-state index in [0.29, 0.717) is 0 Å². The average molecular weight is 354 g/mol. The highest BCUT2D eigenvalue weighted by Gasteiger charge is 2.05. The van der Waals surface area contributed by atoms with Crippen molar-refractivity contribution in [1.29, 1.82) is 0 Å². The molecule has 0 saturated carbocycles. The summed E-state index contributed by atoms with van der Waals surface area (Å²) in [5, 5.41) is 5.51. The third-order valence-corrected chi connectivity index (χ3v) is 4.42. The highest BCUT2D eigenvalue weighted by atomic mass is 79.9. The normalized spacial score (nSPS) is 11.0. The summed E-state index contributed by atoms with van der Waals surface area (Å²) in [6.45, 7) is 4.92. The lowest BCUT2D eigenvalue weighted by atomic mass is 10.3. The van der Waals surface area contributed by atoms with Crippen molar-refractivity contribution < 1.29 is 0 Å². The molecular weight excluding hydrogens is 334 g/mol. The second-order valence-corrected chi connectivity index (χ2v) is 7.16.